The number of ether oxygens (including phenoxy) is 1. The number of methoxy groups -OCH3 is 1. The summed E-state index contributed by atoms with van der Waals surface area (Å²) in [6.45, 7) is 2.75. The van der Waals surface area contributed by atoms with E-state index >= 15 is 0 Å². The fourth-order valence-corrected chi connectivity index (χ4v) is 1.39. The summed E-state index contributed by atoms with van der Waals surface area (Å²) in [7, 11) is 1.60. The molecule has 0 aromatic carbocycles. The molecule has 1 atom stereocenters. The maximum Gasteiger partial charge on any atom is 0.141 e. The van der Waals surface area contributed by atoms with Gasteiger partial charge in [-0.15, -0.1) is 0 Å². The Labute approximate surface area is 94.5 Å². The van der Waals surface area contributed by atoms with Gasteiger partial charge >= 0.3 is 0 Å². The summed E-state index contributed by atoms with van der Waals surface area (Å²) < 4.78 is 17.9. The van der Waals surface area contributed by atoms with Crippen LogP contribution in [-0.4, -0.2) is 37.0 Å². The molecule has 16 heavy (non-hydrogen) atoms. The first kappa shape index (κ1) is 13.0. The normalized spacial score (nSPS) is 14.8. The number of pyridine rings is 1. The molecule has 1 rings (SSSR count). The van der Waals surface area contributed by atoms with Gasteiger partial charge in [-0.25, -0.2) is 4.39 Å². The number of rotatable bonds is 6. The number of hydrogen-bond acceptors (Lipinski definition) is 4. The van der Waals surface area contributed by atoms with E-state index in [-0.39, 0.29) is 6.61 Å². The molecule has 0 fully saturated rings. The van der Waals surface area contributed by atoms with Crippen molar-refractivity contribution in [2.45, 2.75) is 12.5 Å². The number of halogens is 1. The second kappa shape index (κ2) is 5.89. The zero-order valence-electron chi connectivity index (χ0n) is 9.53. The van der Waals surface area contributed by atoms with Crippen LogP contribution < -0.4 is 5.32 Å². The van der Waals surface area contributed by atoms with E-state index in [1.807, 2.05) is 0 Å². The second-order valence-electron chi connectivity index (χ2n) is 3.80. The predicted molar refractivity (Wildman–Crippen MR) is 58.5 cm³/mol. The molecule has 1 heterocycles. The van der Waals surface area contributed by atoms with Gasteiger partial charge in [0.2, 0.25) is 0 Å². The summed E-state index contributed by atoms with van der Waals surface area (Å²) >= 11 is 0. The number of hydrogen-bond donors (Lipinski definition) is 2. The summed E-state index contributed by atoms with van der Waals surface area (Å²) in [5.41, 5.74) is -0.0840. The summed E-state index contributed by atoms with van der Waals surface area (Å²) in [5.74, 6) is -0.411. The first-order valence-corrected chi connectivity index (χ1v) is 5.08. The molecule has 1 unspecified atom stereocenters. The van der Waals surface area contributed by atoms with Gasteiger partial charge in [-0.2, -0.15) is 0 Å². The number of aliphatic hydroxyl groups is 1. The van der Waals surface area contributed by atoms with Gasteiger partial charge in [-0.1, -0.05) is 0 Å². The van der Waals surface area contributed by atoms with Crippen LogP contribution in [0.15, 0.2) is 18.5 Å². The molecule has 0 radical (unpaired) electrons. The van der Waals surface area contributed by atoms with Crippen molar-refractivity contribution in [3.8, 4) is 0 Å². The van der Waals surface area contributed by atoms with Crippen molar-refractivity contribution in [1.82, 2.24) is 10.3 Å². The van der Waals surface area contributed by atoms with Crippen LogP contribution in [0.3, 0.4) is 0 Å². The minimum atomic E-state index is -0.701. The van der Waals surface area contributed by atoms with Gasteiger partial charge < -0.3 is 15.2 Å². The Morgan fingerprint density at radius 1 is 1.56 bits per heavy atom. The highest BCUT2D eigenvalue weighted by molar-refractivity contribution is 5.20. The highest BCUT2D eigenvalue weighted by atomic mass is 19.1. The van der Waals surface area contributed by atoms with Crippen molar-refractivity contribution in [3.63, 3.8) is 0 Å². The summed E-state index contributed by atoms with van der Waals surface area (Å²) in [6, 6.07) is 1.36. The maximum atomic E-state index is 13.0. The third-order valence-corrected chi connectivity index (χ3v) is 2.48. The van der Waals surface area contributed by atoms with Gasteiger partial charge in [-0.05, 0) is 18.6 Å². The van der Waals surface area contributed by atoms with E-state index in [0.29, 0.717) is 18.7 Å². The van der Waals surface area contributed by atoms with Gasteiger partial charge in [0.1, 0.15) is 5.82 Å². The molecule has 5 heteroatoms. The topological polar surface area (TPSA) is 54.4 Å². The van der Waals surface area contributed by atoms with E-state index in [1.54, 1.807) is 20.2 Å². The summed E-state index contributed by atoms with van der Waals surface area (Å²) in [4.78, 5) is 3.77. The van der Waals surface area contributed by atoms with E-state index < -0.39 is 11.4 Å². The number of aromatic nitrogens is 1. The van der Waals surface area contributed by atoms with E-state index in [0.717, 1.165) is 6.20 Å². The number of nitrogens with one attached hydrogen (secondary N) is 1. The highest BCUT2D eigenvalue weighted by Gasteiger charge is 2.25. The van der Waals surface area contributed by atoms with Gasteiger partial charge in [-0.3, -0.25) is 4.98 Å². The first-order chi connectivity index (χ1) is 7.62. The molecule has 4 nitrogen and oxygen atoms in total. The van der Waals surface area contributed by atoms with Crippen molar-refractivity contribution in [2.24, 2.45) is 0 Å². The quantitative estimate of drug-likeness (QED) is 0.702. The van der Waals surface area contributed by atoms with E-state index in [1.165, 1.54) is 6.07 Å². The molecule has 1 aromatic rings. The lowest BCUT2D eigenvalue weighted by Gasteiger charge is -2.29. The van der Waals surface area contributed by atoms with Crippen LogP contribution in [0.4, 0.5) is 4.39 Å². The first-order valence-electron chi connectivity index (χ1n) is 5.08. The lowest BCUT2D eigenvalue weighted by atomic mass is 9.94. The Morgan fingerprint density at radius 3 is 2.88 bits per heavy atom. The fraction of sp³-hybridized carbons (Fsp3) is 0.545. The number of nitrogens with zero attached hydrogens (tertiary/aromatic N) is 1. The molecule has 0 aliphatic rings. The zero-order chi connectivity index (χ0) is 12.0. The maximum absolute atomic E-state index is 13.0. The van der Waals surface area contributed by atoms with Crippen LogP contribution in [-0.2, 0) is 10.3 Å². The minimum absolute atomic E-state index is 0.137. The summed E-state index contributed by atoms with van der Waals surface area (Å²) in [5, 5.41) is 12.5. The Balaban J connectivity index is 2.78. The third kappa shape index (κ3) is 3.23. The fourth-order valence-electron chi connectivity index (χ4n) is 1.39. The predicted octanol–water partition coefficient (Wildman–Crippen LogP) is 0.664. The van der Waals surface area contributed by atoms with Crippen LogP contribution in [0.2, 0.25) is 0 Å². The van der Waals surface area contributed by atoms with Crippen LogP contribution in [0.25, 0.3) is 0 Å². The molecule has 0 bridgehead atoms. The Hall–Kier alpha value is -1.04. The lowest BCUT2D eigenvalue weighted by molar-refractivity contribution is 0.147. The number of aliphatic hydroxyl groups excluding tert-OH is 1. The molecule has 0 aliphatic heterocycles. The Bertz CT molecular complexity index is 336. The van der Waals surface area contributed by atoms with Crippen molar-refractivity contribution in [2.75, 3.05) is 26.9 Å². The molecule has 0 aliphatic carbocycles. The smallest absolute Gasteiger partial charge is 0.141 e. The van der Waals surface area contributed by atoms with Crippen molar-refractivity contribution < 1.29 is 14.2 Å². The Morgan fingerprint density at radius 2 is 2.31 bits per heavy atom. The zero-order valence-corrected chi connectivity index (χ0v) is 9.53. The van der Waals surface area contributed by atoms with Gasteiger partial charge in [0.25, 0.3) is 0 Å². The largest absolute Gasteiger partial charge is 0.394 e. The monoisotopic (exact) mass is 228 g/mol. The molecule has 90 valence electrons. The van der Waals surface area contributed by atoms with E-state index in [9.17, 15) is 9.50 Å². The molecule has 1 aromatic heterocycles. The molecular formula is C11H17FN2O2. The molecule has 2 N–H and O–H groups in total. The van der Waals surface area contributed by atoms with Crippen molar-refractivity contribution >= 4 is 0 Å². The lowest BCUT2D eigenvalue weighted by Crippen LogP contribution is -2.44. The Kier molecular flexibility index (Phi) is 4.79. The molecule has 0 saturated heterocycles. The van der Waals surface area contributed by atoms with Gasteiger partial charge in [0.05, 0.1) is 24.9 Å². The van der Waals surface area contributed by atoms with Gasteiger partial charge in [0, 0.05) is 19.9 Å². The minimum Gasteiger partial charge on any atom is -0.394 e. The molecule has 0 spiro atoms. The van der Waals surface area contributed by atoms with Crippen LogP contribution in [0, 0.1) is 5.82 Å². The van der Waals surface area contributed by atoms with E-state index in [4.69, 9.17) is 4.74 Å². The van der Waals surface area contributed by atoms with Crippen LogP contribution in [0.1, 0.15) is 12.5 Å². The van der Waals surface area contributed by atoms with E-state index in [2.05, 4.69) is 10.3 Å². The average molecular weight is 228 g/mol. The van der Waals surface area contributed by atoms with Crippen molar-refractivity contribution in [1.29, 1.82) is 0 Å². The third-order valence-electron chi connectivity index (χ3n) is 2.48. The SMILES string of the molecule is COCCNC(C)(CO)c1cncc(F)c1. The highest BCUT2D eigenvalue weighted by Crippen LogP contribution is 2.19. The summed E-state index contributed by atoms with van der Waals surface area (Å²) in [6.07, 6.45) is 2.68. The molecular weight excluding hydrogens is 211 g/mol. The average Bonchev–Trinajstić information content (AvgIpc) is 2.29. The second-order valence-corrected chi connectivity index (χ2v) is 3.80. The van der Waals surface area contributed by atoms with Gasteiger partial charge in [0.15, 0.2) is 0 Å². The van der Waals surface area contributed by atoms with Crippen LogP contribution in [0.5, 0.6) is 0 Å². The van der Waals surface area contributed by atoms with Crippen LogP contribution >= 0.6 is 0 Å². The molecule has 0 amide bonds. The van der Waals surface area contributed by atoms with Crippen molar-refractivity contribution in [3.05, 3.63) is 29.8 Å². The standard InChI is InChI=1S/C11H17FN2O2/c1-11(8-15,14-3-4-16-2)9-5-10(12)7-13-6-9/h5-7,14-15H,3-4,8H2,1-2H3. The molecule has 0 saturated carbocycles.